The predicted octanol–water partition coefficient (Wildman–Crippen LogP) is 8.37. The van der Waals surface area contributed by atoms with Gasteiger partial charge in [-0.2, -0.15) is 0 Å². The molecule has 0 fully saturated rings. The van der Waals surface area contributed by atoms with Crippen LogP contribution in [-0.2, 0) is 32.3 Å². The first-order valence-corrected chi connectivity index (χ1v) is 16.9. The van der Waals surface area contributed by atoms with Gasteiger partial charge in [0.1, 0.15) is 12.4 Å². The monoisotopic (exact) mass is 666 g/mol. The summed E-state index contributed by atoms with van der Waals surface area (Å²) in [5.41, 5.74) is 9.37. The van der Waals surface area contributed by atoms with Crippen molar-refractivity contribution in [3.05, 3.63) is 130 Å². The molecule has 8 heteroatoms. The van der Waals surface area contributed by atoms with E-state index in [0.717, 1.165) is 63.4 Å². The number of nitrogens with zero attached hydrogens (tertiary/aromatic N) is 2. The van der Waals surface area contributed by atoms with Gasteiger partial charge in [0.05, 0.1) is 27.0 Å². The molecule has 5 aromatic rings. The summed E-state index contributed by atoms with van der Waals surface area (Å²) in [5.74, 6) is 4.90. The Kier molecular flexibility index (Phi) is 8.59. The number of ether oxygens (including phenoxy) is 6. The van der Waals surface area contributed by atoms with Gasteiger partial charge in [0.15, 0.2) is 34.5 Å². The van der Waals surface area contributed by atoms with Gasteiger partial charge in [-0.25, -0.2) is 0 Å². The Morgan fingerprint density at radius 1 is 0.600 bits per heavy atom. The predicted molar refractivity (Wildman–Crippen MR) is 194 cm³/mol. The first-order chi connectivity index (χ1) is 24.6. The highest BCUT2D eigenvalue weighted by molar-refractivity contribution is 6.07. The Labute approximate surface area is 291 Å². The Balaban J connectivity index is 1.26. The summed E-state index contributed by atoms with van der Waals surface area (Å²) in [7, 11) is 4.96. The van der Waals surface area contributed by atoms with Crippen molar-refractivity contribution in [2.24, 2.45) is 9.98 Å². The Morgan fingerprint density at radius 2 is 1.32 bits per heavy atom. The van der Waals surface area contributed by atoms with Gasteiger partial charge in [0, 0.05) is 42.8 Å². The second kappa shape index (κ2) is 13.6. The average molecular weight is 667 g/mol. The highest BCUT2D eigenvalue weighted by Crippen LogP contribution is 2.47. The van der Waals surface area contributed by atoms with E-state index in [9.17, 15) is 0 Å². The zero-order chi connectivity index (χ0) is 34.0. The summed E-state index contributed by atoms with van der Waals surface area (Å²) in [5, 5.41) is 0. The van der Waals surface area contributed by atoms with Crippen LogP contribution in [-0.4, -0.2) is 45.8 Å². The second-order valence-electron chi connectivity index (χ2n) is 12.5. The van der Waals surface area contributed by atoms with Gasteiger partial charge in [-0.15, -0.1) is 0 Å². The molecule has 0 unspecified atom stereocenters. The van der Waals surface area contributed by atoms with E-state index in [1.165, 1.54) is 5.56 Å². The van der Waals surface area contributed by atoms with Crippen LogP contribution in [0.25, 0.3) is 0 Å². The Bertz CT molecular complexity index is 2120. The van der Waals surface area contributed by atoms with Gasteiger partial charge >= 0.3 is 0 Å². The first-order valence-electron chi connectivity index (χ1n) is 16.9. The number of methoxy groups -OCH3 is 3. The zero-order valence-corrected chi connectivity index (χ0v) is 28.5. The van der Waals surface area contributed by atoms with Crippen LogP contribution in [0.4, 0.5) is 0 Å². The summed E-state index contributed by atoms with van der Waals surface area (Å²) < 4.78 is 37.5. The van der Waals surface area contributed by atoms with Gasteiger partial charge in [-0.05, 0) is 83.1 Å². The number of hydrogen-bond donors (Lipinski definition) is 0. The number of rotatable bonds is 6. The minimum Gasteiger partial charge on any atom is -0.493 e. The molecule has 50 heavy (non-hydrogen) atoms. The lowest BCUT2D eigenvalue weighted by Crippen LogP contribution is -2.18. The molecule has 0 atom stereocenters. The largest absolute Gasteiger partial charge is 0.493 e. The number of hydrogen-bond acceptors (Lipinski definition) is 8. The molecule has 10 bridgehead atoms. The molecule has 0 aromatic heterocycles. The van der Waals surface area contributed by atoms with E-state index < -0.39 is 0 Å². The summed E-state index contributed by atoms with van der Waals surface area (Å²) in [6, 6.07) is 30.6. The standard InChI is InChI=1S/C42H38N2O6/c1-45-36-22-29-15-17-43-33-19-26-9-12-31(13-10-26)49-37-21-28(11-14-35(37)48-25-27-7-5-4-6-8-27)20-34-40-30(16-18-44-34)23-39(41(46-2)42(40)47-3)50-38(36)24-32(29)33/h4-14,21-24H,15-20,25H2,1-3H3. The third-order valence-corrected chi connectivity index (χ3v) is 9.41. The van der Waals surface area contributed by atoms with Crippen LogP contribution in [0.2, 0.25) is 0 Å². The van der Waals surface area contributed by atoms with Crippen molar-refractivity contribution in [2.45, 2.75) is 32.3 Å². The molecule has 252 valence electrons. The molecule has 8 nitrogen and oxygen atoms in total. The third-order valence-electron chi connectivity index (χ3n) is 9.41. The van der Waals surface area contributed by atoms with E-state index in [0.29, 0.717) is 72.8 Å². The molecule has 0 aliphatic carbocycles. The van der Waals surface area contributed by atoms with Crippen LogP contribution in [0.1, 0.15) is 38.9 Å². The van der Waals surface area contributed by atoms with Crippen molar-refractivity contribution < 1.29 is 28.4 Å². The molecule has 6 heterocycles. The van der Waals surface area contributed by atoms with Crippen LogP contribution in [0.15, 0.2) is 101 Å². The zero-order valence-electron chi connectivity index (χ0n) is 28.5. The lowest BCUT2D eigenvalue weighted by atomic mass is 9.91. The Hall–Kier alpha value is -5.76. The van der Waals surface area contributed by atoms with Crippen molar-refractivity contribution in [1.29, 1.82) is 0 Å². The topological polar surface area (TPSA) is 80.1 Å². The van der Waals surface area contributed by atoms with Crippen LogP contribution < -0.4 is 28.4 Å². The Morgan fingerprint density at radius 3 is 2.10 bits per heavy atom. The van der Waals surface area contributed by atoms with Gasteiger partial charge in [0.2, 0.25) is 5.75 Å². The van der Waals surface area contributed by atoms with Crippen LogP contribution in [0.5, 0.6) is 46.0 Å². The van der Waals surface area contributed by atoms with Crippen LogP contribution >= 0.6 is 0 Å². The van der Waals surface area contributed by atoms with E-state index in [1.807, 2.05) is 54.6 Å². The van der Waals surface area contributed by atoms with E-state index in [2.05, 4.69) is 36.4 Å². The van der Waals surface area contributed by atoms with Gasteiger partial charge in [-0.1, -0.05) is 48.5 Å². The van der Waals surface area contributed by atoms with Crippen molar-refractivity contribution in [3.8, 4) is 46.0 Å². The lowest BCUT2D eigenvalue weighted by Gasteiger charge is -2.25. The summed E-state index contributed by atoms with van der Waals surface area (Å²) in [6.07, 6.45) is 2.79. The molecule has 0 N–H and O–H groups in total. The summed E-state index contributed by atoms with van der Waals surface area (Å²) >= 11 is 0. The third kappa shape index (κ3) is 6.13. The summed E-state index contributed by atoms with van der Waals surface area (Å²) in [6.45, 7) is 1.79. The summed E-state index contributed by atoms with van der Waals surface area (Å²) in [4.78, 5) is 9.97. The molecule has 0 amide bonds. The smallest absolute Gasteiger partial charge is 0.204 e. The maximum atomic E-state index is 6.69. The minimum atomic E-state index is 0.425. The van der Waals surface area contributed by atoms with Crippen molar-refractivity contribution >= 4 is 11.4 Å². The second-order valence-corrected chi connectivity index (χ2v) is 12.5. The molecule has 0 saturated carbocycles. The van der Waals surface area contributed by atoms with Crippen molar-refractivity contribution in [2.75, 3.05) is 34.4 Å². The molecular weight excluding hydrogens is 628 g/mol. The van der Waals surface area contributed by atoms with Gasteiger partial charge in [-0.3, -0.25) is 9.98 Å². The van der Waals surface area contributed by atoms with E-state index >= 15 is 0 Å². The SMILES string of the molecule is COc1cc2c3cc1Oc1cc4c(c(OC)c1OC)C(=NCC4)Cc1ccc(OCc4ccccc4)c(c1)Oc1ccc(cc1)CC3=NCC2. The average Bonchev–Trinajstić information content (AvgIpc) is 3.15. The fourth-order valence-corrected chi connectivity index (χ4v) is 6.95. The van der Waals surface area contributed by atoms with Crippen molar-refractivity contribution in [3.63, 3.8) is 0 Å². The minimum absolute atomic E-state index is 0.425. The van der Waals surface area contributed by atoms with Crippen molar-refractivity contribution in [1.82, 2.24) is 0 Å². The van der Waals surface area contributed by atoms with Gasteiger partial charge in [0.25, 0.3) is 0 Å². The molecule has 6 aliphatic rings. The quantitative estimate of drug-likeness (QED) is 0.181. The molecule has 0 spiro atoms. The van der Waals surface area contributed by atoms with E-state index in [1.54, 1.807) is 21.3 Å². The fourth-order valence-electron chi connectivity index (χ4n) is 6.95. The molecule has 6 aliphatic heterocycles. The molecule has 11 rings (SSSR count). The first kappa shape index (κ1) is 31.5. The number of aliphatic imine (C=N–C) groups is 2. The van der Waals surface area contributed by atoms with Crippen LogP contribution in [0.3, 0.4) is 0 Å². The fraction of sp³-hybridized carbons (Fsp3) is 0.238. The lowest BCUT2D eigenvalue weighted by molar-refractivity contribution is 0.291. The maximum Gasteiger partial charge on any atom is 0.204 e. The van der Waals surface area contributed by atoms with Gasteiger partial charge < -0.3 is 28.4 Å². The molecule has 0 radical (unpaired) electrons. The normalized spacial score (nSPS) is 14.5. The van der Waals surface area contributed by atoms with E-state index in [-0.39, 0.29) is 0 Å². The molecule has 5 aromatic carbocycles. The van der Waals surface area contributed by atoms with Crippen LogP contribution in [0, 0.1) is 0 Å². The molecule has 0 saturated heterocycles. The highest BCUT2D eigenvalue weighted by atomic mass is 16.5. The maximum absolute atomic E-state index is 6.69. The molecular formula is C42H38N2O6. The highest BCUT2D eigenvalue weighted by Gasteiger charge is 2.28. The number of benzene rings is 5. The van der Waals surface area contributed by atoms with E-state index in [4.69, 9.17) is 38.4 Å².